The fraction of sp³-hybridized carbons (Fsp3) is 0.250. The number of carbonyl (C=O) groups excluding carboxylic acids is 1. The van der Waals surface area contributed by atoms with Gasteiger partial charge >= 0.3 is 0 Å². The molecule has 7 heteroatoms. The molecule has 1 amide bonds. The van der Waals surface area contributed by atoms with Crippen molar-refractivity contribution in [2.75, 3.05) is 5.32 Å². The normalized spacial score (nSPS) is 10.3. The number of carbonyl (C=O) groups is 1. The number of aryl methyl sites for hydroxylation is 1. The lowest BCUT2D eigenvalue weighted by Gasteiger charge is -1.98. The van der Waals surface area contributed by atoms with Crippen LogP contribution in [0.3, 0.4) is 0 Å². The summed E-state index contributed by atoms with van der Waals surface area (Å²) in [5.41, 5.74) is 2.16. The second kappa shape index (κ2) is 3.77. The minimum absolute atomic E-state index is 0.293. The van der Waals surface area contributed by atoms with Crippen molar-refractivity contribution in [3.8, 4) is 0 Å². The third-order valence-corrected chi connectivity index (χ3v) is 2.58. The molecule has 2 rings (SSSR count). The lowest BCUT2D eigenvalue weighted by Crippen LogP contribution is -2.13. The first-order chi connectivity index (χ1) is 7.18. The Labute approximate surface area is 89.9 Å². The lowest BCUT2D eigenvalue weighted by atomic mass is 10.3. The van der Waals surface area contributed by atoms with Gasteiger partial charge in [0, 0.05) is 16.6 Å². The minimum Gasteiger partial charge on any atom is -0.303 e. The van der Waals surface area contributed by atoms with Gasteiger partial charge in [0.25, 0.3) is 5.91 Å². The number of nitrogens with zero attached hydrogens (tertiary/aromatic N) is 3. The van der Waals surface area contributed by atoms with Crippen LogP contribution in [0.2, 0.25) is 0 Å². The topological polar surface area (TPSA) is 83.6 Å². The summed E-state index contributed by atoms with van der Waals surface area (Å²) >= 11 is 1.14. The maximum atomic E-state index is 11.6. The van der Waals surface area contributed by atoms with E-state index in [4.69, 9.17) is 0 Å². The highest BCUT2D eigenvalue weighted by atomic mass is 32.1. The molecule has 0 aliphatic heterocycles. The van der Waals surface area contributed by atoms with Gasteiger partial charge in [0.05, 0.1) is 0 Å². The summed E-state index contributed by atoms with van der Waals surface area (Å²) in [6.07, 6.45) is 0. The largest absolute Gasteiger partial charge is 0.303 e. The molecule has 0 saturated carbocycles. The van der Waals surface area contributed by atoms with E-state index >= 15 is 0 Å². The van der Waals surface area contributed by atoms with Crippen LogP contribution in [-0.2, 0) is 0 Å². The van der Waals surface area contributed by atoms with Crippen LogP contribution in [0, 0.1) is 13.8 Å². The molecule has 0 atom stereocenters. The van der Waals surface area contributed by atoms with Gasteiger partial charge in [-0.25, -0.2) is 0 Å². The number of hydrogen-bond donors (Lipinski definition) is 2. The van der Waals surface area contributed by atoms with E-state index in [1.807, 2.05) is 13.8 Å². The molecule has 0 spiro atoms. The van der Waals surface area contributed by atoms with Crippen molar-refractivity contribution in [1.82, 2.24) is 19.8 Å². The van der Waals surface area contributed by atoms with Gasteiger partial charge in [0.15, 0.2) is 11.5 Å². The van der Waals surface area contributed by atoms with E-state index in [0.717, 1.165) is 22.8 Å². The molecule has 0 aliphatic rings. The van der Waals surface area contributed by atoms with E-state index in [1.165, 1.54) is 0 Å². The van der Waals surface area contributed by atoms with Crippen LogP contribution in [0.1, 0.15) is 21.7 Å². The zero-order valence-electron chi connectivity index (χ0n) is 8.24. The Hall–Kier alpha value is -1.76. The summed E-state index contributed by atoms with van der Waals surface area (Å²) < 4.78 is 3.62. The Balaban J connectivity index is 2.16. The maximum absolute atomic E-state index is 11.6. The summed E-state index contributed by atoms with van der Waals surface area (Å²) in [5, 5.41) is 14.7. The smallest absolute Gasteiger partial charge is 0.278 e. The second-order valence-corrected chi connectivity index (χ2v) is 3.68. The molecule has 0 aromatic carbocycles. The van der Waals surface area contributed by atoms with Gasteiger partial charge in [-0.1, -0.05) is 4.49 Å². The molecule has 0 aliphatic carbocycles. The Morgan fingerprint density at radius 3 is 2.87 bits per heavy atom. The number of amides is 1. The van der Waals surface area contributed by atoms with E-state index in [9.17, 15) is 4.79 Å². The molecule has 6 nitrogen and oxygen atoms in total. The van der Waals surface area contributed by atoms with Gasteiger partial charge in [-0.3, -0.25) is 9.89 Å². The number of nitrogens with one attached hydrogen (secondary N) is 2. The number of aromatic nitrogens is 4. The van der Waals surface area contributed by atoms with Crippen LogP contribution in [0.4, 0.5) is 5.82 Å². The molecule has 0 bridgehead atoms. The molecule has 2 N–H and O–H groups in total. The van der Waals surface area contributed by atoms with Crippen molar-refractivity contribution < 1.29 is 4.79 Å². The van der Waals surface area contributed by atoms with Crippen LogP contribution < -0.4 is 5.32 Å². The SMILES string of the molecule is Cc1[nH]nc(NC(=O)c2csnn2)c1C. The standard InChI is InChI=1S/C8H9N5OS/c1-4-5(2)10-12-7(4)9-8(14)6-3-15-13-11-6/h3H,1-2H3,(H2,9,10,12,14). The van der Waals surface area contributed by atoms with E-state index in [2.05, 4.69) is 25.1 Å². The average molecular weight is 223 g/mol. The van der Waals surface area contributed by atoms with Crippen LogP contribution in [0.25, 0.3) is 0 Å². The highest BCUT2D eigenvalue weighted by Crippen LogP contribution is 2.14. The van der Waals surface area contributed by atoms with Crippen LogP contribution in [0.5, 0.6) is 0 Å². The van der Waals surface area contributed by atoms with E-state index in [-0.39, 0.29) is 5.91 Å². The third kappa shape index (κ3) is 1.86. The molecule has 2 aromatic rings. The number of H-pyrrole nitrogens is 1. The van der Waals surface area contributed by atoms with Gasteiger partial charge in [-0.05, 0) is 25.4 Å². The molecule has 0 fully saturated rings. The van der Waals surface area contributed by atoms with Gasteiger partial charge in [-0.2, -0.15) is 5.10 Å². The lowest BCUT2D eigenvalue weighted by molar-refractivity contribution is 0.102. The molecule has 2 heterocycles. The van der Waals surface area contributed by atoms with Crippen LogP contribution >= 0.6 is 11.5 Å². The van der Waals surface area contributed by atoms with E-state index in [0.29, 0.717) is 11.5 Å². The summed E-state index contributed by atoms with van der Waals surface area (Å²) in [6, 6.07) is 0. The first-order valence-electron chi connectivity index (χ1n) is 4.28. The average Bonchev–Trinajstić information content (AvgIpc) is 2.83. The quantitative estimate of drug-likeness (QED) is 0.799. The molecule has 0 unspecified atom stereocenters. The highest BCUT2D eigenvalue weighted by Gasteiger charge is 2.12. The molecule has 0 radical (unpaired) electrons. The zero-order valence-corrected chi connectivity index (χ0v) is 9.05. The summed E-state index contributed by atoms with van der Waals surface area (Å²) in [5.74, 6) is 0.240. The van der Waals surface area contributed by atoms with E-state index < -0.39 is 0 Å². The second-order valence-electron chi connectivity index (χ2n) is 3.07. The molecule has 78 valence electrons. The van der Waals surface area contributed by atoms with Crippen molar-refractivity contribution in [2.24, 2.45) is 0 Å². The molecule has 2 aromatic heterocycles. The maximum Gasteiger partial charge on any atom is 0.278 e. The van der Waals surface area contributed by atoms with Crippen molar-refractivity contribution in [1.29, 1.82) is 0 Å². The predicted molar refractivity (Wildman–Crippen MR) is 55.9 cm³/mol. The van der Waals surface area contributed by atoms with Crippen molar-refractivity contribution >= 4 is 23.3 Å². The number of rotatable bonds is 2. The van der Waals surface area contributed by atoms with Crippen molar-refractivity contribution in [3.05, 3.63) is 22.3 Å². The third-order valence-electron chi connectivity index (χ3n) is 2.08. The summed E-state index contributed by atoms with van der Waals surface area (Å²) in [4.78, 5) is 11.6. The highest BCUT2D eigenvalue weighted by molar-refractivity contribution is 7.03. The monoisotopic (exact) mass is 223 g/mol. The Kier molecular flexibility index (Phi) is 2.46. The Morgan fingerprint density at radius 2 is 2.33 bits per heavy atom. The summed E-state index contributed by atoms with van der Waals surface area (Å²) in [7, 11) is 0. The number of anilines is 1. The zero-order chi connectivity index (χ0) is 10.8. The van der Waals surface area contributed by atoms with Crippen LogP contribution in [0.15, 0.2) is 5.38 Å². The Bertz CT molecular complexity index is 475. The fourth-order valence-corrected chi connectivity index (χ4v) is 1.48. The first-order valence-corrected chi connectivity index (χ1v) is 5.12. The molecular formula is C8H9N5OS. The summed E-state index contributed by atoms with van der Waals surface area (Å²) in [6.45, 7) is 3.77. The molecular weight excluding hydrogens is 214 g/mol. The molecule has 0 saturated heterocycles. The number of aromatic amines is 1. The molecule has 15 heavy (non-hydrogen) atoms. The van der Waals surface area contributed by atoms with Crippen molar-refractivity contribution in [3.63, 3.8) is 0 Å². The number of hydrogen-bond acceptors (Lipinski definition) is 5. The van der Waals surface area contributed by atoms with E-state index in [1.54, 1.807) is 5.38 Å². The minimum atomic E-state index is -0.293. The Morgan fingerprint density at radius 1 is 1.53 bits per heavy atom. The fourth-order valence-electron chi connectivity index (χ4n) is 1.04. The van der Waals surface area contributed by atoms with Gasteiger partial charge in [0.2, 0.25) is 0 Å². The first kappa shape index (κ1) is 9.78. The van der Waals surface area contributed by atoms with Crippen LogP contribution in [-0.4, -0.2) is 25.7 Å². The van der Waals surface area contributed by atoms with Gasteiger partial charge in [-0.15, -0.1) is 5.10 Å². The predicted octanol–water partition coefficient (Wildman–Crippen LogP) is 1.13. The van der Waals surface area contributed by atoms with Crippen molar-refractivity contribution in [2.45, 2.75) is 13.8 Å². The van der Waals surface area contributed by atoms with Gasteiger partial charge < -0.3 is 5.32 Å². The van der Waals surface area contributed by atoms with Gasteiger partial charge in [0.1, 0.15) is 0 Å².